The van der Waals surface area contributed by atoms with Crippen LogP contribution in [0.5, 0.6) is 5.75 Å². The summed E-state index contributed by atoms with van der Waals surface area (Å²) in [6, 6.07) is 10.9. The van der Waals surface area contributed by atoms with E-state index in [9.17, 15) is 4.79 Å². The van der Waals surface area contributed by atoms with Gasteiger partial charge < -0.3 is 9.30 Å². The number of carbonyl (C=O) groups excluding carboxylic acids is 1. The molecular formula is C17H14ClN3O2. The molecule has 2 aromatic carbocycles. The van der Waals surface area contributed by atoms with Crippen molar-refractivity contribution in [3.63, 3.8) is 0 Å². The Balaban J connectivity index is 1.65. The maximum absolute atomic E-state index is 12.5. The van der Waals surface area contributed by atoms with Crippen LogP contribution < -0.4 is 10.1 Å². The first-order valence-electron chi connectivity index (χ1n) is 7.31. The second-order valence-corrected chi connectivity index (χ2v) is 5.94. The van der Waals surface area contributed by atoms with E-state index in [1.54, 1.807) is 18.2 Å². The number of benzene rings is 2. The van der Waals surface area contributed by atoms with Gasteiger partial charge in [0.25, 0.3) is 5.91 Å². The molecule has 2 heterocycles. The lowest BCUT2D eigenvalue weighted by Crippen LogP contribution is -2.15. The van der Waals surface area contributed by atoms with Crippen LogP contribution in [0.2, 0.25) is 5.02 Å². The van der Waals surface area contributed by atoms with Gasteiger partial charge in [-0.1, -0.05) is 11.6 Å². The van der Waals surface area contributed by atoms with Crippen molar-refractivity contribution >= 4 is 34.5 Å². The maximum atomic E-state index is 12.5. The number of amides is 1. The highest BCUT2D eigenvalue weighted by atomic mass is 35.5. The second kappa shape index (κ2) is 5.28. The van der Waals surface area contributed by atoms with E-state index in [-0.39, 0.29) is 5.91 Å². The van der Waals surface area contributed by atoms with Gasteiger partial charge in [-0.15, -0.1) is 0 Å². The average Bonchev–Trinajstić information content (AvgIpc) is 3.11. The van der Waals surface area contributed by atoms with Crippen LogP contribution in [0.15, 0.2) is 36.4 Å². The van der Waals surface area contributed by atoms with Crippen LogP contribution in [0, 0.1) is 0 Å². The van der Waals surface area contributed by atoms with Crippen LogP contribution >= 0.6 is 11.6 Å². The van der Waals surface area contributed by atoms with Crippen molar-refractivity contribution in [3.05, 3.63) is 52.5 Å². The van der Waals surface area contributed by atoms with Gasteiger partial charge in [0.1, 0.15) is 5.75 Å². The molecule has 0 fully saturated rings. The molecule has 6 heteroatoms. The van der Waals surface area contributed by atoms with Crippen molar-refractivity contribution in [1.29, 1.82) is 0 Å². The highest BCUT2D eigenvalue weighted by Crippen LogP contribution is 2.26. The van der Waals surface area contributed by atoms with Gasteiger partial charge >= 0.3 is 0 Å². The fourth-order valence-electron chi connectivity index (χ4n) is 2.79. The normalized spacial score (nSPS) is 13.0. The van der Waals surface area contributed by atoms with Crippen molar-refractivity contribution in [1.82, 2.24) is 9.55 Å². The molecule has 1 N–H and O–H groups in total. The molecule has 3 aromatic rings. The number of carbonyl (C=O) groups is 1. The minimum Gasteiger partial charge on any atom is -0.493 e. The Morgan fingerprint density at radius 3 is 3.04 bits per heavy atom. The lowest BCUT2D eigenvalue weighted by molar-refractivity contribution is 0.102. The van der Waals surface area contributed by atoms with Crippen LogP contribution in [0.3, 0.4) is 0 Å². The molecule has 1 aromatic heterocycles. The number of anilines is 1. The lowest BCUT2D eigenvalue weighted by atomic mass is 10.1. The van der Waals surface area contributed by atoms with Crippen molar-refractivity contribution < 1.29 is 9.53 Å². The van der Waals surface area contributed by atoms with E-state index in [4.69, 9.17) is 16.3 Å². The summed E-state index contributed by atoms with van der Waals surface area (Å²) >= 11 is 5.99. The predicted octanol–water partition coefficient (Wildman–Crippen LogP) is 3.41. The maximum Gasteiger partial charge on any atom is 0.257 e. The molecule has 0 spiro atoms. The van der Waals surface area contributed by atoms with Crippen molar-refractivity contribution in [2.75, 3.05) is 11.9 Å². The van der Waals surface area contributed by atoms with Crippen LogP contribution in [-0.4, -0.2) is 22.1 Å². The number of nitrogens with zero attached hydrogens (tertiary/aromatic N) is 2. The number of aryl methyl sites for hydroxylation is 1. The fourth-order valence-corrected chi connectivity index (χ4v) is 2.95. The van der Waals surface area contributed by atoms with Crippen molar-refractivity contribution in [3.8, 4) is 5.75 Å². The summed E-state index contributed by atoms with van der Waals surface area (Å²) in [7, 11) is 1.86. The summed E-state index contributed by atoms with van der Waals surface area (Å²) in [5.41, 5.74) is 3.32. The molecule has 1 aliphatic rings. The van der Waals surface area contributed by atoms with E-state index in [0.29, 0.717) is 23.1 Å². The summed E-state index contributed by atoms with van der Waals surface area (Å²) in [4.78, 5) is 16.9. The van der Waals surface area contributed by atoms with Gasteiger partial charge in [0.2, 0.25) is 5.95 Å². The average molecular weight is 328 g/mol. The van der Waals surface area contributed by atoms with E-state index in [1.165, 1.54) is 0 Å². The summed E-state index contributed by atoms with van der Waals surface area (Å²) in [5, 5.41) is 3.47. The summed E-state index contributed by atoms with van der Waals surface area (Å²) in [5.74, 6) is 1.16. The predicted molar refractivity (Wildman–Crippen MR) is 89.3 cm³/mol. The SMILES string of the molecule is Cn1c(NC(=O)c2ccc3c(c2)CCO3)nc2cc(Cl)ccc21. The molecule has 116 valence electrons. The third-order valence-corrected chi connectivity index (χ3v) is 4.25. The highest BCUT2D eigenvalue weighted by molar-refractivity contribution is 6.31. The Hall–Kier alpha value is -2.53. The molecule has 1 amide bonds. The number of imidazole rings is 1. The number of halogens is 1. The molecule has 5 nitrogen and oxygen atoms in total. The number of nitrogens with one attached hydrogen (secondary N) is 1. The zero-order valence-electron chi connectivity index (χ0n) is 12.5. The standard InChI is InChI=1S/C17H14ClN3O2/c1-21-14-4-3-12(18)9-13(14)19-17(21)20-16(22)11-2-5-15-10(8-11)6-7-23-15/h2-5,8-9H,6-7H2,1H3,(H,19,20,22). The first kappa shape index (κ1) is 14.1. The molecule has 0 atom stereocenters. The smallest absolute Gasteiger partial charge is 0.257 e. The van der Waals surface area contributed by atoms with Crippen LogP contribution in [0.4, 0.5) is 5.95 Å². The zero-order chi connectivity index (χ0) is 16.0. The van der Waals surface area contributed by atoms with E-state index >= 15 is 0 Å². The third kappa shape index (κ3) is 2.43. The number of fused-ring (bicyclic) bond motifs is 2. The molecule has 0 saturated heterocycles. The largest absolute Gasteiger partial charge is 0.493 e. The molecule has 1 aliphatic heterocycles. The number of rotatable bonds is 2. The Bertz CT molecular complexity index is 933. The number of hydrogen-bond donors (Lipinski definition) is 1. The Kier molecular flexibility index (Phi) is 3.23. The molecular weight excluding hydrogens is 314 g/mol. The van der Waals surface area contributed by atoms with Crippen LogP contribution in [0.1, 0.15) is 15.9 Å². The first-order valence-corrected chi connectivity index (χ1v) is 7.69. The van der Waals surface area contributed by atoms with Gasteiger partial charge in [-0.05, 0) is 42.0 Å². The van der Waals surface area contributed by atoms with E-state index in [1.807, 2.05) is 29.8 Å². The molecule has 0 aliphatic carbocycles. The van der Waals surface area contributed by atoms with Crippen LogP contribution in [-0.2, 0) is 13.5 Å². The lowest BCUT2D eigenvalue weighted by Gasteiger charge is -2.06. The fraction of sp³-hybridized carbons (Fsp3) is 0.176. The molecule has 0 radical (unpaired) electrons. The van der Waals surface area contributed by atoms with E-state index in [0.717, 1.165) is 28.8 Å². The quantitative estimate of drug-likeness (QED) is 0.784. The van der Waals surface area contributed by atoms with Crippen LogP contribution in [0.25, 0.3) is 11.0 Å². The minimum atomic E-state index is -0.191. The second-order valence-electron chi connectivity index (χ2n) is 5.50. The molecule has 23 heavy (non-hydrogen) atoms. The van der Waals surface area contributed by atoms with Gasteiger partial charge in [0.15, 0.2) is 0 Å². The molecule has 0 bridgehead atoms. The first-order chi connectivity index (χ1) is 11.1. The van der Waals surface area contributed by atoms with E-state index in [2.05, 4.69) is 10.3 Å². The Morgan fingerprint density at radius 1 is 1.30 bits per heavy atom. The highest BCUT2D eigenvalue weighted by Gasteiger charge is 2.17. The summed E-state index contributed by atoms with van der Waals surface area (Å²) in [6.45, 7) is 0.673. The minimum absolute atomic E-state index is 0.191. The third-order valence-electron chi connectivity index (χ3n) is 4.02. The van der Waals surface area contributed by atoms with Crippen molar-refractivity contribution in [2.24, 2.45) is 7.05 Å². The molecule has 0 saturated carbocycles. The monoisotopic (exact) mass is 327 g/mol. The topological polar surface area (TPSA) is 56.2 Å². The van der Waals surface area contributed by atoms with Gasteiger partial charge in [-0.25, -0.2) is 4.98 Å². The number of hydrogen-bond acceptors (Lipinski definition) is 3. The Morgan fingerprint density at radius 2 is 2.17 bits per heavy atom. The summed E-state index contributed by atoms with van der Waals surface area (Å²) < 4.78 is 7.29. The summed E-state index contributed by atoms with van der Waals surface area (Å²) in [6.07, 6.45) is 0.835. The zero-order valence-corrected chi connectivity index (χ0v) is 13.2. The Labute approximate surface area is 137 Å². The van der Waals surface area contributed by atoms with Gasteiger partial charge in [-0.2, -0.15) is 0 Å². The van der Waals surface area contributed by atoms with Crippen molar-refractivity contribution in [2.45, 2.75) is 6.42 Å². The molecule has 4 rings (SSSR count). The van der Waals surface area contributed by atoms with E-state index < -0.39 is 0 Å². The van der Waals surface area contributed by atoms with Gasteiger partial charge in [-0.3, -0.25) is 10.1 Å². The van der Waals surface area contributed by atoms with Gasteiger partial charge in [0.05, 0.1) is 17.6 Å². The van der Waals surface area contributed by atoms with Gasteiger partial charge in [0, 0.05) is 24.1 Å². The molecule has 0 unspecified atom stereocenters. The number of ether oxygens (including phenoxy) is 1. The number of aromatic nitrogens is 2.